The number of amides is 1. The van der Waals surface area contributed by atoms with Crippen LogP contribution in [0.4, 0.5) is 0 Å². The van der Waals surface area contributed by atoms with Gasteiger partial charge in [-0.1, -0.05) is 48.7 Å². The molecule has 0 radical (unpaired) electrons. The van der Waals surface area contributed by atoms with Crippen LogP contribution in [0.2, 0.25) is 10.0 Å². The van der Waals surface area contributed by atoms with Gasteiger partial charge in [-0.15, -0.1) is 0 Å². The number of Topliss-reactive ketones (excluding diaryl/α,β-unsaturated/α-hetero) is 1. The van der Waals surface area contributed by atoms with Crippen LogP contribution in [0.3, 0.4) is 0 Å². The Balaban J connectivity index is 1.81. The van der Waals surface area contributed by atoms with Crippen LogP contribution < -0.4 is 4.74 Å². The van der Waals surface area contributed by atoms with E-state index in [0.717, 1.165) is 18.4 Å². The standard InChI is InChI=1S/C28H26Cl2N2O4/c1-3-4-12-36-20-8-9-21(17(2)13-20)26(33)24-25(19-7-10-22(29)23(30)14-19)32(28(35)27(24)34)16-18-6-5-11-31-15-18/h5-11,13-15,25,33H,3-4,12,16H2,1-2H3/t25-/m0/s1. The van der Waals surface area contributed by atoms with Gasteiger partial charge in [0.05, 0.1) is 28.3 Å². The van der Waals surface area contributed by atoms with E-state index in [2.05, 4.69) is 11.9 Å². The first-order valence-electron chi connectivity index (χ1n) is 11.7. The molecule has 1 atom stereocenters. The zero-order valence-electron chi connectivity index (χ0n) is 20.0. The van der Waals surface area contributed by atoms with Crippen LogP contribution in [0.25, 0.3) is 5.76 Å². The van der Waals surface area contributed by atoms with E-state index in [4.69, 9.17) is 27.9 Å². The molecule has 0 bridgehead atoms. The minimum atomic E-state index is -0.861. The number of rotatable bonds is 8. The van der Waals surface area contributed by atoms with E-state index in [9.17, 15) is 14.7 Å². The summed E-state index contributed by atoms with van der Waals surface area (Å²) in [6.07, 6.45) is 5.22. The molecule has 1 saturated heterocycles. The zero-order chi connectivity index (χ0) is 25.8. The number of pyridine rings is 1. The summed E-state index contributed by atoms with van der Waals surface area (Å²) in [6, 6.07) is 12.9. The van der Waals surface area contributed by atoms with Gasteiger partial charge in [-0.3, -0.25) is 14.6 Å². The van der Waals surface area contributed by atoms with Gasteiger partial charge in [0.25, 0.3) is 11.7 Å². The zero-order valence-corrected chi connectivity index (χ0v) is 21.5. The van der Waals surface area contributed by atoms with Gasteiger partial charge in [-0.25, -0.2) is 0 Å². The summed E-state index contributed by atoms with van der Waals surface area (Å²) in [5.74, 6) is -1.06. The number of ether oxygens (including phenoxy) is 1. The Hall–Kier alpha value is -3.35. The molecule has 1 N–H and O–H groups in total. The predicted octanol–water partition coefficient (Wildman–Crippen LogP) is 6.50. The van der Waals surface area contributed by atoms with Gasteiger partial charge in [0.1, 0.15) is 11.5 Å². The molecule has 1 aliphatic rings. The summed E-state index contributed by atoms with van der Waals surface area (Å²) >= 11 is 12.4. The number of hydrogen-bond donors (Lipinski definition) is 1. The number of nitrogens with zero attached hydrogens (tertiary/aromatic N) is 2. The number of hydrogen-bond acceptors (Lipinski definition) is 5. The Morgan fingerprint density at radius 3 is 2.58 bits per heavy atom. The molecule has 4 rings (SSSR count). The van der Waals surface area contributed by atoms with E-state index < -0.39 is 17.7 Å². The number of aliphatic hydroxyl groups excluding tert-OH is 1. The molecule has 8 heteroatoms. The molecule has 3 aromatic rings. The average Bonchev–Trinajstić information content (AvgIpc) is 3.11. The first kappa shape index (κ1) is 25.7. The second kappa shape index (κ2) is 11.1. The maximum absolute atomic E-state index is 13.3. The number of likely N-dealkylation sites (tertiary alicyclic amines) is 1. The molecule has 36 heavy (non-hydrogen) atoms. The summed E-state index contributed by atoms with van der Waals surface area (Å²) in [4.78, 5) is 32.0. The Morgan fingerprint density at radius 1 is 1.11 bits per heavy atom. The number of aliphatic hydroxyl groups is 1. The van der Waals surface area contributed by atoms with Crippen LogP contribution in [0.5, 0.6) is 5.75 Å². The molecule has 0 saturated carbocycles. The van der Waals surface area contributed by atoms with Crippen molar-refractivity contribution < 1.29 is 19.4 Å². The second-order valence-electron chi connectivity index (χ2n) is 8.64. The Kier molecular flexibility index (Phi) is 7.97. The number of carbonyl (C=O) groups is 2. The van der Waals surface area contributed by atoms with E-state index in [0.29, 0.717) is 34.1 Å². The average molecular weight is 525 g/mol. The molecule has 0 spiro atoms. The normalized spacial score (nSPS) is 17.0. The fourth-order valence-corrected chi connectivity index (χ4v) is 4.54. The van der Waals surface area contributed by atoms with Crippen molar-refractivity contribution in [3.63, 3.8) is 0 Å². The highest BCUT2D eigenvalue weighted by molar-refractivity contribution is 6.46. The van der Waals surface area contributed by atoms with Crippen molar-refractivity contribution in [1.29, 1.82) is 0 Å². The summed E-state index contributed by atoms with van der Waals surface area (Å²) in [5, 5.41) is 12.0. The summed E-state index contributed by atoms with van der Waals surface area (Å²) in [5.41, 5.74) is 2.46. The molecule has 2 heterocycles. The number of carbonyl (C=O) groups excluding carboxylic acids is 2. The fraction of sp³-hybridized carbons (Fsp3) is 0.250. The number of aryl methyl sites for hydroxylation is 1. The van der Waals surface area contributed by atoms with Crippen molar-refractivity contribution >= 4 is 40.7 Å². The van der Waals surface area contributed by atoms with Gasteiger partial charge in [-0.2, -0.15) is 0 Å². The van der Waals surface area contributed by atoms with Crippen LogP contribution in [0.1, 0.15) is 48.1 Å². The minimum absolute atomic E-state index is 0.00923. The third-order valence-electron chi connectivity index (χ3n) is 6.09. The highest BCUT2D eigenvalue weighted by Crippen LogP contribution is 2.42. The lowest BCUT2D eigenvalue weighted by Gasteiger charge is -2.25. The number of ketones is 1. The Morgan fingerprint density at radius 2 is 1.92 bits per heavy atom. The molecule has 1 aromatic heterocycles. The third-order valence-corrected chi connectivity index (χ3v) is 6.83. The molecule has 1 amide bonds. The SMILES string of the molecule is CCCCOc1ccc(C(O)=C2C(=O)C(=O)N(Cc3cccnc3)[C@H]2c2ccc(Cl)c(Cl)c2)c(C)c1. The maximum atomic E-state index is 13.3. The van der Waals surface area contributed by atoms with Gasteiger partial charge in [0.2, 0.25) is 0 Å². The van der Waals surface area contributed by atoms with Gasteiger partial charge >= 0.3 is 0 Å². The van der Waals surface area contributed by atoms with Crippen molar-refractivity contribution in [2.75, 3.05) is 6.61 Å². The highest BCUT2D eigenvalue weighted by atomic mass is 35.5. The van der Waals surface area contributed by atoms with Crippen LogP contribution >= 0.6 is 23.2 Å². The number of halogens is 2. The molecule has 1 fully saturated rings. The molecular formula is C28H26Cl2N2O4. The van der Waals surface area contributed by atoms with Crippen LogP contribution in [-0.2, 0) is 16.1 Å². The lowest BCUT2D eigenvalue weighted by Crippen LogP contribution is -2.29. The number of unbranched alkanes of at least 4 members (excludes halogenated alkanes) is 1. The van der Waals surface area contributed by atoms with E-state index in [1.54, 1.807) is 48.8 Å². The van der Waals surface area contributed by atoms with E-state index in [-0.39, 0.29) is 22.9 Å². The fourth-order valence-electron chi connectivity index (χ4n) is 4.23. The third kappa shape index (κ3) is 5.25. The van der Waals surface area contributed by atoms with Crippen LogP contribution in [-0.4, -0.2) is 33.3 Å². The molecular weight excluding hydrogens is 499 g/mol. The second-order valence-corrected chi connectivity index (χ2v) is 9.45. The first-order valence-corrected chi connectivity index (χ1v) is 12.4. The van der Waals surface area contributed by atoms with Crippen LogP contribution in [0, 0.1) is 6.92 Å². The topological polar surface area (TPSA) is 79.7 Å². The predicted molar refractivity (Wildman–Crippen MR) is 140 cm³/mol. The summed E-state index contributed by atoms with van der Waals surface area (Å²) in [6.45, 7) is 4.63. The quantitative estimate of drug-likeness (QED) is 0.157. The number of benzene rings is 2. The van der Waals surface area contributed by atoms with E-state index in [1.165, 1.54) is 4.90 Å². The lowest BCUT2D eigenvalue weighted by atomic mass is 9.93. The summed E-state index contributed by atoms with van der Waals surface area (Å²) in [7, 11) is 0. The van der Waals surface area contributed by atoms with Crippen molar-refractivity contribution in [1.82, 2.24) is 9.88 Å². The Labute approximate surface area is 220 Å². The molecule has 2 aromatic carbocycles. The van der Waals surface area contributed by atoms with Gasteiger partial charge in [0.15, 0.2) is 0 Å². The summed E-state index contributed by atoms with van der Waals surface area (Å²) < 4.78 is 5.76. The highest BCUT2D eigenvalue weighted by Gasteiger charge is 2.46. The van der Waals surface area contributed by atoms with E-state index in [1.807, 2.05) is 19.1 Å². The molecule has 0 aliphatic carbocycles. The maximum Gasteiger partial charge on any atom is 0.295 e. The van der Waals surface area contributed by atoms with Gasteiger partial charge in [-0.05, 0) is 66.4 Å². The van der Waals surface area contributed by atoms with E-state index >= 15 is 0 Å². The largest absolute Gasteiger partial charge is 0.507 e. The monoisotopic (exact) mass is 524 g/mol. The van der Waals surface area contributed by atoms with Crippen molar-refractivity contribution in [3.05, 3.63) is 98.8 Å². The van der Waals surface area contributed by atoms with Crippen molar-refractivity contribution in [2.45, 2.75) is 39.3 Å². The molecule has 6 nitrogen and oxygen atoms in total. The van der Waals surface area contributed by atoms with Crippen molar-refractivity contribution in [2.24, 2.45) is 0 Å². The minimum Gasteiger partial charge on any atom is -0.507 e. The Bertz CT molecular complexity index is 1320. The first-order chi connectivity index (χ1) is 17.3. The van der Waals surface area contributed by atoms with Gasteiger partial charge < -0.3 is 14.7 Å². The van der Waals surface area contributed by atoms with Crippen molar-refractivity contribution in [3.8, 4) is 5.75 Å². The smallest absolute Gasteiger partial charge is 0.295 e. The molecule has 186 valence electrons. The molecule has 0 unspecified atom stereocenters. The molecule has 1 aliphatic heterocycles. The van der Waals surface area contributed by atoms with Crippen LogP contribution in [0.15, 0.2) is 66.5 Å². The lowest BCUT2D eigenvalue weighted by molar-refractivity contribution is -0.140. The van der Waals surface area contributed by atoms with Gasteiger partial charge in [0, 0.05) is 24.5 Å². The number of aromatic nitrogens is 1.